The van der Waals surface area contributed by atoms with E-state index in [4.69, 9.17) is 28.4 Å². The van der Waals surface area contributed by atoms with Gasteiger partial charge in [0, 0.05) is 46.7 Å². The molecular formula is C55H79N5O16S. The number of fused-ring (bicyclic) bond motifs is 1. The van der Waals surface area contributed by atoms with Gasteiger partial charge in [0.2, 0.25) is 29.9 Å². The van der Waals surface area contributed by atoms with Crippen molar-refractivity contribution in [1.82, 2.24) is 25.3 Å². The van der Waals surface area contributed by atoms with E-state index < -0.39 is 122 Å². The number of hydrogen-bond donors (Lipinski definition) is 6. The van der Waals surface area contributed by atoms with E-state index in [1.807, 2.05) is 32.0 Å². The number of cyclic esters (lactones) is 2. The number of benzene rings is 2. The Morgan fingerprint density at radius 3 is 2.35 bits per heavy atom. The molecule has 0 aliphatic carbocycles. The molecule has 3 aliphatic rings. The molecule has 4 heterocycles. The van der Waals surface area contributed by atoms with Gasteiger partial charge >= 0.3 is 12.1 Å². The molecule has 2 bridgehead atoms. The summed E-state index contributed by atoms with van der Waals surface area (Å²) in [6.07, 6.45) is -8.07. The molecule has 21 nitrogen and oxygen atoms in total. The normalized spacial score (nSPS) is 26.3. The number of amides is 5. The minimum Gasteiger partial charge on any atom is -0.463 e. The number of carbonyl (C=O) groups excluding carboxylic acids is 6. The number of carbonyl (C=O) groups is 6. The topological polar surface area (TPSA) is 272 Å². The van der Waals surface area contributed by atoms with Crippen molar-refractivity contribution in [2.24, 2.45) is 17.8 Å². The third kappa shape index (κ3) is 13.9. The molecular weight excluding hydrogens is 1020 g/mol. The van der Waals surface area contributed by atoms with Crippen molar-refractivity contribution in [2.45, 2.75) is 166 Å². The molecule has 1 aromatic heterocycles. The van der Waals surface area contributed by atoms with E-state index in [2.05, 4.69) is 10.6 Å². The van der Waals surface area contributed by atoms with Crippen molar-refractivity contribution in [3.05, 3.63) is 64.5 Å². The quantitative estimate of drug-likeness (QED) is 0.0929. The Morgan fingerprint density at radius 1 is 1.01 bits per heavy atom. The van der Waals surface area contributed by atoms with Crippen LogP contribution in [0.25, 0.3) is 10.1 Å². The summed E-state index contributed by atoms with van der Waals surface area (Å²) in [7, 11) is 5.91. The van der Waals surface area contributed by atoms with Crippen LogP contribution in [0, 0.1) is 17.8 Å². The Bertz CT molecular complexity index is 2510. The molecule has 22 heteroatoms. The summed E-state index contributed by atoms with van der Waals surface area (Å²) in [5.41, 5.74) is 1.13. The van der Waals surface area contributed by atoms with Crippen molar-refractivity contribution < 1.29 is 77.6 Å². The first-order valence-corrected chi connectivity index (χ1v) is 27.3. The van der Waals surface area contributed by atoms with Gasteiger partial charge < -0.3 is 69.3 Å². The van der Waals surface area contributed by atoms with Crippen LogP contribution in [0.5, 0.6) is 5.75 Å². The predicted octanol–water partition coefficient (Wildman–Crippen LogP) is 3.90. The van der Waals surface area contributed by atoms with Crippen LogP contribution in [0.15, 0.2) is 48.5 Å². The third-order valence-corrected chi connectivity index (χ3v) is 16.6. The summed E-state index contributed by atoms with van der Waals surface area (Å²) < 4.78 is 36.2. The Morgan fingerprint density at radius 2 is 1.71 bits per heavy atom. The van der Waals surface area contributed by atoms with Gasteiger partial charge in [0.05, 0.1) is 66.2 Å². The second kappa shape index (κ2) is 26.9. The number of ether oxygens (including phenoxy) is 6. The largest absolute Gasteiger partial charge is 0.463 e. The molecule has 3 aromatic rings. The SMILES string of the molecule is CC[C@H](C)[C@@H]([C@@H](CC(=O)N1CCC[C@H]1[C@H](OC)[C@@H](C)C(=O)N[C@H](C)[C@@H](O)c1ccccc1)OC)N(C)C(=O)C1NC(=O)[C@H](C(C)C)N(C)C(=O)OCc2ccc(O[C@H]3C[C@@H](O)[C@@H](O)[C@@H](CO)O3)c3sc(cc23)C(=O)O[C@H]1C. The molecule has 15 atom stereocenters. The summed E-state index contributed by atoms with van der Waals surface area (Å²) in [5, 5.41) is 47.7. The first-order valence-electron chi connectivity index (χ1n) is 26.5. The number of likely N-dealkylation sites (tertiary alicyclic amines) is 1. The van der Waals surface area contributed by atoms with Gasteiger partial charge in [-0.2, -0.15) is 0 Å². The molecule has 1 unspecified atom stereocenters. The van der Waals surface area contributed by atoms with E-state index in [1.165, 1.54) is 39.2 Å². The fourth-order valence-corrected chi connectivity index (χ4v) is 11.9. The van der Waals surface area contributed by atoms with E-state index in [0.717, 1.165) is 16.2 Å². The number of thiophene rings is 1. The smallest absolute Gasteiger partial charge is 0.410 e. The minimum absolute atomic E-state index is 0.0690. The number of rotatable bonds is 19. The highest BCUT2D eigenvalue weighted by Gasteiger charge is 2.45. The van der Waals surface area contributed by atoms with Gasteiger partial charge in [-0.05, 0) is 61.8 Å². The summed E-state index contributed by atoms with van der Waals surface area (Å²) in [6, 6.07) is 9.20. The van der Waals surface area contributed by atoms with Crippen molar-refractivity contribution in [2.75, 3.05) is 41.5 Å². The van der Waals surface area contributed by atoms with Crippen molar-refractivity contribution >= 4 is 57.1 Å². The Kier molecular flexibility index (Phi) is 21.3. The van der Waals surface area contributed by atoms with Gasteiger partial charge in [0.15, 0.2) is 0 Å². The van der Waals surface area contributed by atoms with Gasteiger partial charge in [-0.1, -0.05) is 77.4 Å². The molecule has 6 N–H and O–H groups in total. The fraction of sp³-hybridized carbons (Fsp3) is 0.636. The average molecular weight is 1100 g/mol. The number of likely N-dealkylation sites (N-methyl/N-ethyl adjacent to an activating group) is 2. The van der Waals surface area contributed by atoms with Gasteiger partial charge in [0.1, 0.15) is 47.6 Å². The minimum atomic E-state index is -1.53. The molecule has 0 spiro atoms. The van der Waals surface area contributed by atoms with Crippen LogP contribution in [0.1, 0.15) is 107 Å². The predicted molar refractivity (Wildman–Crippen MR) is 283 cm³/mol. The number of hydrogen-bond acceptors (Lipinski definition) is 17. The van der Waals surface area contributed by atoms with Crippen LogP contribution in [0.2, 0.25) is 0 Å². The number of methoxy groups -OCH3 is 2. The summed E-state index contributed by atoms with van der Waals surface area (Å²) in [4.78, 5) is 90.4. The number of aliphatic hydroxyl groups is 4. The lowest BCUT2D eigenvalue weighted by Gasteiger charge is -2.41. The van der Waals surface area contributed by atoms with E-state index in [1.54, 1.807) is 63.9 Å². The average Bonchev–Trinajstić information content (AvgIpc) is 4.12. The number of nitrogens with zero attached hydrogens (tertiary/aromatic N) is 3. The molecule has 2 saturated heterocycles. The molecule has 5 amide bonds. The summed E-state index contributed by atoms with van der Waals surface area (Å²) in [5.74, 6) is -4.14. The highest BCUT2D eigenvalue weighted by atomic mass is 32.1. The number of esters is 1. The molecule has 6 rings (SSSR count). The Balaban J connectivity index is 1.26. The monoisotopic (exact) mass is 1100 g/mol. The van der Waals surface area contributed by atoms with E-state index >= 15 is 4.79 Å². The lowest BCUT2D eigenvalue weighted by atomic mass is 9.89. The van der Waals surface area contributed by atoms with Crippen LogP contribution >= 0.6 is 11.3 Å². The van der Waals surface area contributed by atoms with Crippen LogP contribution in [0.4, 0.5) is 4.79 Å². The highest BCUT2D eigenvalue weighted by molar-refractivity contribution is 7.21. The molecule has 3 aliphatic heterocycles. The number of nitrogens with one attached hydrogen (secondary N) is 2. The van der Waals surface area contributed by atoms with Crippen molar-refractivity contribution in [1.29, 1.82) is 0 Å². The first-order chi connectivity index (χ1) is 36.6. The second-order valence-corrected chi connectivity index (χ2v) is 22.0. The van der Waals surface area contributed by atoms with Crippen LogP contribution in [-0.2, 0) is 49.5 Å². The van der Waals surface area contributed by atoms with E-state index in [-0.39, 0.29) is 47.8 Å². The zero-order valence-corrected chi connectivity index (χ0v) is 46.8. The van der Waals surface area contributed by atoms with Gasteiger partial charge in [-0.15, -0.1) is 11.3 Å². The fourth-order valence-electron chi connectivity index (χ4n) is 10.9. The first kappa shape index (κ1) is 60.8. The van der Waals surface area contributed by atoms with Crippen LogP contribution in [-0.4, -0.2) is 185 Å². The standard InChI is InChI=1S/C55H79N5O16S/c1-12-29(4)46(39(71-10)25-42(63)60-22-16-19-36(60)49(72-11)30(5)51(66)56-31(6)47(64)33-17-14-13-15-18-33)58(8)53(68)44-32(7)74-54(69)41-23-35-34(27-73-55(70)59(9)45(28(2)3)52(67)57-44)20-21-38(50(35)77-41)75-43-24-37(62)48(65)40(26-61)76-43/h13-15,17-18,20-21,23,28-32,36-37,39-40,43-49,61-62,64-65H,12,16,19,22,24-27H2,1-11H3,(H,56,66)(H,57,67)/t29-,30+,31+,32-,36-,37+,39+,40+,43+,44?,45-,46-,47+,48+,49+/m0/s1. The molecule has 2 fully saturated rings. The maximum Gasteiger partial charge on any atom is 0.410 e. The molecule has 426 valence electrons. The third-order valence-electron chi connectivity index (χ3n) is 15.4. The van der Waals surface area contributed by atoms with E-state index in [0.29, 0.717) is 47.0 Å². The van der Waals surface area contributed by atoms with Gasteiger partial charge in [-0.25, -0.2) is 9.59 Å². The zero-order valence-electron chi connectivity index (χ0n) is 46.0. The van der Waals surface area contributed by atoms with Crippen molar-refractivity contribution in [3.8, 4) is 5.75 Å². The van der Waals surface area contributed by atoms with Crippen LogP contribution in [0.3, 0.4) is 0 Å². The lowest BCUT2D eigenvalue weighted by Crippen LogP contribution is -2.62. The molecule has 0 radical (unpaired) electrons. The zero-order chi connectivity index (χ0) is 56.6. The molecule has 77 heavy (non-hydrogen) atoms. The Labute approximate surface area is 454 Å². The van der Waals surface area contributed by atoms with Gasteiger partial charge in [-0.3, -0.25) is 24.1 Å². The van der Waals surface area contributed by atoms with Crippen LogP contribution < -0.4 is 15.4 Å². The summed E-state index contributed by atoms with van der Waals surface area (Å²) in [6.45, 7) is 11.8. The maximum absolute atomic E-state index is 15.2. The Hall–Kier alpha value is -5.46. The summed E-state index contributed by atoms with van der Waals surface area (Å²) >= 11 is 0.982. The second-order valence-electron chi connectivity index (χ2n) is 21.0. The maximum atomic E-state index is 15.2. The number of aliphatic hydroxyl groups excluding tert-OH is 4. The molecule has 2 aromatic carbocycles. The lowest BCUT2D eigenvalue weighted by molar-refractivity contribution is -0.229. The van der Waals surface area contributed by atoms with Gasteiger partial charge in [0.25, 0.3) is 0 Å². The molecule has 0 saturated carbocycles. The van der Waals surface area contributed by atoms with Crippen molar-refractivity contribution in [3.63, 3.8) is 0 Å². The van der Waals surface area contributed by atoms with E-state index in [9.17, 15) is 44.4 Å². The highest BCUT2D eigenvalue weighted by Crippen LogP contribution is 2.39.